The van der Waals surface area contributed by atoms with Gasteiger partial charge in [-0.3, -0.25) is 0 Å². The molecule has 40 heavy (non-hydrogen) atoms. The molecule has 0 unspecified atom stereocenters. The molecule has 0 aliphatic heterocycles. The van der Waals surface area contributed by atoms with Gasteiger partial charge in [-0.25, -0.2) is 0 Å². The van der Waals surface area contributed by atoms with Gasteiger partial charge in [-0.15, -0.1) is 0 Å². The van der Waals surface area contributed by atoms with Gasteiger partial charge in [0.2, 0.25) is 0 Å². The molecule has 0 aliphatic carbocycles. The highest BCUT2D eigenvalue weighted by molar-refractivity contribution is 4.41. The zero-order chi connectivity index (χ0) is 29.0. The van der Waals surface area contributed by atoms with Gasteiger partial charge >= 0.3 is 0 Å². The molecular weight excluding hydrogens is 530 g/mol. The van der Waals surface area contributed by atoms with Gasteiger partial charge in [-0.2, -0.15) is 0 Å². The van der Waals surface area contributed by atoms with E-state index < -0.39 is 0 Å². The summed E-state index contributed by atoms with van der Waals surface area (Å²) in [5.41, 5.74) is 0. The molecular formula is C27H57NO12. The van der Waals surface area contributed by atoms with Gasteiger partial charge in [0.05, 0.1) is 152 Å². The van der Waals surface area contributed by atoms with E-state index in [0.29, 0.717) is 145 Å². The normalized spacial score (nSPS) is 11.7. The second-order valence-electron chi connectivity index (χ2n) is 8.53. The predicted octanol–water partition coefficient (Wildman–Crippen LogP) is 0.377. The van der Waals surface area contributed by atoms with Crippen LogP contribution in [0.4, 0.5) is 0 Å². The lowest BCUT2D eigenvalue weighted by molar-refractivity contribution is -0.0281. The highest BCUT2D eigenvalue weighted by atomic mass is 16.6. The summed E-state index contributed by atoms with van der Waals surface area (Å²) < 4.78 is 64.7. The highest BCUT2D eigenvalue weighted by Crippen LogP contribution is 1.87. The van der Waals surface area contributed by atoms with E-state index in [1.54, 1.807) is 7.11 Å². The van der Waals surface area contributed by atoms with Crippen molar-refractivity contribution in [3.8, 4) is 0 Å². The van der Waals surface area contributed by atoms with Crippen molar-refractivity contribution in [2.45, 2.75) is 0 Å². The van der Waals surface area contributed by atoms with Crippen LogP contribution in [0.2, 0.25) is 0 Å². The topological polar surface area (TPSA) is 114 Å². The van der Waals surface area contributed by atoms with E-state index >= 15 is 0 Å². The molecule has 0 aromatic heterocycles. The largest absolute Gasteiger partial charge is 0.382 e. The average molecular weight is 588 g/mol. The maximum atomic E-state index is 5.47. The number of methoxy groups -OCH3 is 1. The Morgan fingerprint density at radius 2 is 0.450 bits per heavy atom. The van der Waals surface area contributed by atoms with Crippen molar-refractivity contribution in [2.24, 2.45) is 0 Å². The Morgan fingerprint density at radius 1 is 0.275 bits per heavy atom. The minimum atomic E-state index is 0.519. The second-order valence-corrected chi connectivity index (χ2v) is 8.53. The van der Waals surface area contributed by atoms with Crippen molar-refractivity contribution in [3.05, 3.63) is 0 Å². The fraction of sp³-hybridized carbons (Fsp3) is 1.00. The van der Waals surface area contributed by atoms with Crippen molar-refractivity contribution in [1.82, 2.24) is 4.90 Å². The number of hydrogen-bond acceptors (Lipinski definition) is 13. The summed E-state index contributed by atoms with van der Waals surface area (Å²) in [7, 11) is 5.69. The van der Waals surface area contributed by atoms with E-state index in [0.717, 1.165) is 13.2 Å². The molecule has 0 spiro atoms. The smallest absolute Gasteiger partial charge is 0.0701 e. The first-order valence-electron chi connectivity index (χ1n) is 14.3. The van der Waals surface area contributed by atoms with Crippen LogP contribution >= 0.6 is 0 Å². The molecule has 0 fully saturated rings. The zero-order valence-corrected chi connectivity index (χ0v) is 25.3. The number of nitrogens with zero attached hydrogens (tertiary/aromatic N) is 1. The van der Waals surface area contributed by atoms with Crippen LogP contribution < -0.4 is 0 Å². The van der Waals surface area contributed by atoms with Crippen molar-refractivity contribution >= 4 is 0 Å². The second kappa shape index (κ2) is 36.5. The van der Waals surface area contributed by atoms with E-state index in [1.165, 1.54) is 0 Å². The summed E-state index contributed by atoms with van der Waals surface area (Å²) in [4.78, 5) is 2.08. The Kier molecular flexibility index (Phi) is 36.0. The SMILES string of the molecule is COCCOCCOCCOCCOCCOCCOCCOCCOCCOCCOCCOCCN(C)C. The third-order valence-electron chi connectivity index (χ3n) is 4.83. The predicted molar refractivity (Wildman–Crippen MR) is 149 cm³/mol. The Balaban J connectivity index is 3.02. The summed E-state index contributed by atoms with van der Waals surface area (Å²) in [6, 6.07) is 0. The van der Waals surface area contributed by atoms with Crippen LogP contribution in [-0.4, -0.2) is 185 Å². The molecule has 13 heteroatoms. The van der Waals surface area contributed by atoms with Gasteiger partial charge in [-0.05, 0) is 14.1 Å². The van der Waals surface area contributed by atoms with Gasteiger partial charge in [0.1, 0.15) is 0 Å². The molecule has 0 saturated carbocycles. The first kappa shape index (κ1) is 39.5. The summed E-state index contributed by atoms with van der Waals surface area (Å²) >= 11 is 0. The number of rotatable bonds is 36. The molecule has 0 heterocycles. The maximum Gasteiger partial charge on any atom is 0.0701 e. The van der Waals surface area contributed by atoms with Crippen molar-refractivity contribution in [2.75, 3.05) is 180 Å². The molecule has 13 nitrogen and oxygen atoms in total. The van der Waals surface area contributed by atoms with Crippen LogP contribution in [0, 0.1) is 0 Å². The van der Waals surface area contributed by atoms with Gasteiger partial charge in [0.15, 0.2) is 0 Å². The number of hydrogen-bond donors (Lipinski definition) is 0. The Bertz CT molecular complexity index is 452. The summed E-state index contributed by atoms with van der Waals surface area (Å²) in [6.07, 6.45) is 0. The molecule has 0 radical (unpaired) electrons. The Morgan fingerprint density at radius 3 is 0.625 bits per heavy atom. The number of ether oxygens (including phenoxy) is 12. The molecule has 0 aromatic carbocycles. The molecule has 0 N–H and O–H groups in total. The molecule has 0 saturated heterocycles. The third kappa shape index (κ3) is 37.5. The molecule has 0 aliphatic rings. The van der Waals surface area contributed by atoms with Crippen LogP contribution in [0.5, 0.6) is 0 Å². The average Bonchev–Trinajstić information content (AvgIpc) is 2.95. The van der Waals surface area contributed by atoms with Gasteiger partial charge < -0.3 is 61.7 Å². The minimum absolute atomic E-state index is 0.519. The first-order valence-corrected chi connectivity index (χ1v) is 14.3. The van der Waals surface area contributed by atoms with Crippen LogP contribution in [0.25, 0.3) is 0 Å². The first-order chi connectivity index (χ1) is 19.8. The molecule has 0 atom stereocenters. The summed E-state index contributed by atoms with van der Waals surface area (Å²) in [6.45, 7) is 13.6. The van der Waals surface area contributed by atoms with Gasteiger partial charge in [-0.1, -0.05) is 0 Å². The molecule has 0 aromatic rings. The van der Waals surface area contributed by atoms with E-state index in [-0.39, 0.29) is 0 Å². The lowest BCUT2D eigenvalue weighted by Crippen LogP contribution is -2.19. The molecule has 242 valence electrons. The zero-order valence-electron chi connectivity index (χ0n) is 25.3. The monoisotopic (exact) mass is 587 g/mol. The summed E-state index contributed by atoms with van der Waals surface area (Å²) in [5, 5.41) is 0. The van der Waals surface area contributed by atoms with E-state index in [9.17, 15) is 0 Å². The summed E-state index contributed by atoms with van der Waals surface area (Å²) in [5.74, 6) is 0. The van der Waals surface area contributed by atoms with Crippen LogP contribution in [0.3, 0.4) is 0 Å². The van der Waals surface area contributed by atoms with Crippen molar-refractivity contribution in [1.29, 1.82) is 0 Å². The lowest BCUT2D eigenvalue weighted by atomic mass is 10.6. The molecule has 0 amide bonds. The fourth-order valence-electron chi connectivity index (χ4n) is 2.69. The lowest BCUT2D eigenvalue weighted by Gasteiger charge is -2.10. The standard InChI is InChI=1S/C27H57NO12/c1-28(2)4-5-30-8-9-32-12-13-34-16-17-36-20-21-38-24-25-40-27-26-39-23-22-37-19-18-35-15-14-33-11-10-31-7-6-29-3/h4-27H2,1-3H3. The van der Waals surface area contributed by atoms with Gasteiger partial charge in [0, 0.05) is 13.7 Å². The van der Waals surface area contributed by atoms with Crippen LogP contribution in [0.15, 0.2) is 0 Å². The number of likely N-dealkylation sites (N-methyl/N-ethyl adjacent to an activating group) is 1. The molecule has 0 bridgehead atoms. The fourth-order valence-corrected chi connectivity index (χ4v) is 2.69. The van der Waals surface area contributed by atoms with E-state index in [4.69, 9.17) is 56.8 Å². The van der Waals surface area contributed by atoms with Crippen LogP contribution in [0.1, 0.15) is 0 Å². The van der Waals surface area contributed by atoms with E-state index in [2.05, 4.69) is 4.90 Å². The van der Waals surface area contributed by atoms with Crippen molar-refractivity contribution < 1.29 is 56.8 Å². The quantitative estimate of drug-likeness (QED) is 0.0942. The third-order valence-corrected chi connectivity index (χ3v) is 4.83. The maximum absolute atomic E-state index is 5.47. The Labute approximate surface area is 241 Å². The highest BCUT2D eigenvalue weighted by Gasteiger charge is 1.96. The van der Waals surface area contributed by atoms with Crippen molar-refractivity contribution in [3.63, 3.8) is 0 Å². The Hall–Kier alpha value is -0.520. The van der Waals surface area contributed by atoms with Crippen LogP contribution in [-0.2, 0) is 56.8 Å². The molecule has 0 rings (SSSR count). The van der Waals surface area contributed by atoms with E-state index in [1.807, 2.05) is 14.1 Å². The van der Waals surface area contributed by atoms with Gasteiger partial charge in [0.25, 0.3) is 0 Å². The minimum Gasteiger partial charge on any atom is -0.382 e.